The molecule has 0 unspecified atom stereocenters. The first-order valence-corrected chi connectivity index (χ1v) is 7.84. The van der Waals surface area contributed by atoms with Crippen LogP contribution in [0.15, 0.2) is 30.6 Å². The van der Waals surface area contributed by atoms with Gasteiger partial charge in [-0.25, -0.2) is 4.98 Å². The summed E-state index contributed by atoms with van der Waals surface area (Å²) in [6, 6.07) is 7.18. The van der Waals surface area contributed by atoms with Crippen molar-refractivity contribution in [2.75, 3.05) is 58.3 Å². The fourth-order valence-corrected chi connectivity index (χ4v) is 2.19. The summed E-state index contributed by atoms with van der Waals surface area (Å²) in [6.07, 6.45) is 1.43. The minimum atomic E-state index is 0.301. The molecule has 0 aliphatic rings. The summed E-state index contributed by atoms with van der Waals surface area (Å²) in [5, 5.41) is 0. The Hall–Kier alpha value is -2.58. The first-order valence-electron chi connectivity index (χ1n) is 7.84. The van der Waals surface area contributed by atoms with Crippen molar-refractivity contribution < 1.29 is 18.9 Å². The second-order valence-electron chi connectivity index (χ2n) is 5.17. The topological polar surface area (TPSA) is 92.0 Å². The van der Waals surface area contributed by atoms with Crippen molar-refractivity contribution in [3.8, 4) is 17.4 Å². The number of nitrogens with zero attached hydrogens (tertiary/aromatic N) is 3. The Morgan fingerprint density at radius 1 is 0.920 bits per heavy atom. The van der Waals surface area contributed by atoms with Gasteiger partial charge in [0, 0.05) is 27.3 Å². The quantitative estimate of drug-likeness (QED) is 0.697. The normalized spacial score (nSPS) is 10.5. The van der Waals surface area contributed by atoms with Gasteiger partial charge in [0.25, 0.3) is 0 Å². The molecule has 0 saturated carbocycles. The predicted molar refractivity (Wildman–Crippen MR) is 95.5 cm³/mol. The van der Waals surface area contributed by atoms with E-state index < -0.39 is 0 Å². The Balaban J connectivity index is 2.20. The highest BCUT2D eigenvalue weighted by Crippen LogP contribution is 2.31. The number of aromatic nitrogens is 2. The molecule has 8 heteroatoms. The molecule has 0 fully saturated rings. The number of nitrogens with two attached hydrogens (primary N) is 1. The highest BCUT2D eigenvalue weighted by Gasteiger charge is 2.16. The van der Waals surface area contributed by atoms with Crippen molar-refractivity contribution >= 4 is 11.5 Å². The Morgan fingerprint density at radius 2 is 1.52 bits per heavy atom. The number of methoxy groups -OCH3 is 3. The van der Waals surface area contributed by atoms with Gasteiger partial charge in [-0.05, 0) is 24.3 Å². The van der Waals surface area contributed by atoms with Gasteiger partial charge in [0.15, 0.2) is 5.82 Å². The van der Waals surface area contributed by atoms with Crippen molar-refractivity contribution in [3.63, 3.8) is 0 Å². The highest BCUT2D eigenvalue weighted by atomic mass is 16.5. The molecular weight excluding hydrogens is 324 g/mol. The average Bonchev–Trinajstić information content (AvgIpc) is 2.65. The zero-order chi connectivity index (χ0) is 18.1. The van der Waals surface area contributed by atoms with Gasteiger partial charge in [0.05, 0.1) is 20.3 Å². The van der Waals surface area contributed by atoms with Crippen molar-refractivity contribution in [2.45, 2.75) is 0 Å². The lowest BCUT2D eigenvalue weighted by molar-refractivity contribution is 0.190. The van der Waals surface area contributed by atoms with E-state index in [1.807, 2.05) is 4.90 Å². The van der Waals surface area contributed by atoms with E-state index in [-0.39, 0.29) is 0 Å². The van der Waals surface area contributed by atoms with E-state index in [0.29, 0.717) is 49.4 Å². The molecule has 0 aliphatic carbocycles. The van der Waals surface area contributed by atoms with Crippen LogP contribution in [-0.2, 0) is 9.47 Å². The standard InChI is InChI=1S/C17H24N4O4/c1-22-10-8-21(9-11-23-2)16-15(18)17(20-12-19-16)25-14-6-4-13(24-3)5-7-14/h4-7,12H,8-11,18H2,1-3H3. The number of hydrogen-bond donors (Lipinski definition) is 1. The monoisotopic (exact) mass is 348 g/mol. The minimum absolute atomic E-state index is 0.301. The smallest absolute Gasteiger partial charge is 0.248 e. The van der Waals surface area contributed by atoms with Gasteiger partial charge >= 0.3 is 0 Å². The van der Waals surface area contributed by atoms with Crippen molar-refractivity contribution in [1.29, 1.82) is 0 Å². The third kappa shape index (κ3) is 5.20. The lowest BCUT2D eigenvalue weighted by Gasteiger charge is -2.24. The summed E-state index contributed by atoms with van der Waals surface area (Å²) in [7, 11) is 4.91. The fraction of sp³-hybridized carbons (Fsp3) is 0.412. The zero-order valence-corrected chi connectivity index (χ0v) is 14.8. The average molecular weight is 348 g/mol. The molecule has 136 valence electrons. The Bertz CT molecular complexity index is 644. The van der Waals surface area contributed by atoms with Gasteiger partial charge in [-0.15, -0.1) is 0 Å². The van der Waals surface area contributed by atoms with Crippen LogP contribution in [-0.4, -0.2) is 57.6 Å². The third-order valence-corrected chi connectivity index (χ3v) is 3.53. The van der Waals surface area contributed by atoms with E-state index >= 15 is 0 Å². The van der Waals surface area contributed by atoms with Gasteiger partial charge in [-0.2, -0.15) is 4.98 Å². The van der Waals surface area contributed by atoms with Gasteiger partial charge in [-0.1, -0.05) is 0 Å². The first kappa shape index (κ1) is 18.8. The van der Waals surface area contributed by atoms with E-state index in [2.05, 4.69) is 9.97 Å². The van der Waals surface area contributed by atoms with Gasteiger partial charge in [-0.3, -0.25) is 0 Å². The van der Waals surface area contributed by atoms with Crippen LogP contribution < -0.4 is 20.1 Å². The van der Waals surface area contributed by atoms with Crippen molar-refractivity contribution in [2.24, 2.45) is 0 Å². The van der Waals surface area contributed by atoms with Crippen LogP contribution in [0.3, 0.4) is 0 Å². The molecule has 0 saturated heterocycles. The first-order chi connectivity index (χ1) is 12.2. The van der Waals surface area contributed by atoms with Crippen molar-refractivity contribution in [1.82, 2.24) is 9.97 Å². The van der Waals surface area contributed by atoms with Crippen LogP contribution in [0.1, 0.15) is 0 Å². The molecule has 2 N–H and O–H groups in total. The second-order valence-corrected chi connectivity index (χ2v) is 5.17. The molecule has 2 rings (SSSR count). The van der Waals surface area contributed by atoms with Gasteiger partial charge < -0.3 is 29.6 Å². The fourth-order valence-electron chi connectivity index (χ4n) is 2.19. The SMILES string of the molecule is COCCN(CCOC)c1ncnc(Oc2ccc(OC)cc2)c1N. The molecule has 0 aliphatic heterocycles. The summed E-state index contributed by atoms with van der Waals surface area (Å²) in [6.45, 7) is 2.34. The molecule has 0 spiro atoms. The minimum Gasteiger partial charge on any atom is -0.497 e. The third-order valence-electron chi connectivity index (χ3n) is 3.53. The second kappa shape index (κ2) is 9.65. The maximum atomic E-state index is 6.23. The van der Waals surface area contributed by atoms with E-state index in [4.69, 9.17) is 24.7 Å². The zero-order valence-electron chi connectivity index (χ0n) is 14.8. The van der Waals surface area contributed by atoms with E-state index in [1.54, 1.807) is 45.6 Å². The summed E-state index contributed by atoms with van der Waals surface area (Å²) in [5.41, 5.74) is 6.60. The largest absolute Gasteiger partial charge is 0.497 e. The maximum Gasteiger partial charge on any atom is 0.248 e. The van der Waals surface area contributed by atoms with Crippen LogP contribution in [0, 0.1) is 0 Å². The number of nitrogen functional groups attached to an aromatic ring is 1. The van der Waals surface area contributed by atoms with Crippen LogP contribution in [0.2, 0.25) is 0 Å². The molecule has 25 heavy (non-hydrogen) atoms. The lowest BCUT2D eigenvalue weighted by Crippen LogP contribution is -2.32. The molecule has 0 amide bonds. The van der Waals surface area contributed by atoms with Crippen LogP contribution >= 0.6 is 0 Å². The van der Waals surface area contributed by atoms with Gasteiger partial charge in [0.2, 0.25) is 5.88 Å². The predicted octanol–water partition coefficient (Wildman–Crippen LogP) is 1.96. The van der Waals surface area contributed by atoms with Crippen LogP contribution in [0.5, 0.6) is 17.4 Å². The lowest BCUT2D eigenvalue weighted by atomic mass is 10.3. The number of ether oxygens (including phenoxy) is 4. The summed E-state index contributed by atoms with van der Waals surface area (Å²) >= 11 is 0. The molecule has 8 nitrogen and oxygen atoms in total. The van der Waals surface area contributed by atoms with E-state index in [0.717, 1.165) is 5.75 Å². The number of benzene rings is 1. The molecule has 0 radical (unpaired) electrons. The summed E-state index contributed by atoms with van der Waals surface area (Å²) in [4.78, 5) is 10.4. The number of hydrogen-bond acceptors (Lipinski definition) is 8. The number of anilines is 2. The van der Waals surface area contributed by atoms with Crippen LogP contribution in [0.25, 0.3) is 0 Å². The molecule has 0 bridgehead atoms. The Kier molecular flexibility index (Phi) is 7.24. The molecule has 0 atom stereocenters. The Labute approximate surface area is 147 Å². The molecule has 2 aromatic rings. The maximum absolute atomic E-state index is 6.23. The summed E-state index contributed by atoms with van der Waals surface area (Å²) in [5.74, 6) is 2.24. The van der Waals surface area contributed by atoms with Gasteiger partial charge in [0.1, 0.15) is 23.5 Å². The molecule has 1 heterocycles. The summed E-state index contributed by atoms with van der Waals surface area (Å²) < 4.78 is 21.2. The van der Waals surface area contributed by atoms with Crippen LogP contribution in [0.4, 0.5) is 11.5 Å². The Morgan fingerprint density at radius 3 is 2.08 bits per heavy atom. The molecular formula is C17H24N4O4. The number of rotatable bonds is 10. The van der Waals surface area contributed by atoms with E-state index in [9.17, 15) is 0 Å². The van der Waals surface area contributed by atoms with E-state index in [1.165, 1.54) is 6.33 Å². The highest BCUT2D eigenvalue weighted by molar-refractivity contribution is 5.68. The molecule has 1 aromatic carbocycles. The van der Waals surface area contributed by atoms with Crippen molar-refractivity contribution in [3.05, 3.63) is 30.6 Å². The molecule has 1 aromatic heterocycles.